The van der Waals surface area contributed by atoms with Crippen LogP contribution in [0.15, 0.2) is 60.7 Å². The van der Waals surface area contributed by atoms with E-state index in [1.54, 1.807) is 0 Å². The van der Waals surface area contributed by atoms with E-state index < -0.39 is 0 Å². The number of benzene rings is 2. The van der Waals surface area contributed by atoms with E-state index in [0.717, 1.165) is 6.42 Å². The molecule has 0 unspecified atom stereocenters. The van der Waals surface area contributed by atoms with Gasteiger partial charge in [-0.25, -0.2) is 0 Å². The molecule has 0 aliphatic carbocycles. The zero-order valence-electron chi connectivity index (χ0n) is 17.5. The van der Waals surface area contributed by atoms with Crippen LogP contribution in [0.25, 0.3) is 0 Å². The van der Waals surface area contributed by atoms with Crippen molar-refractivity contribution in [2.75, 3.05) is 19.0 Å². The molecule has 2 heterocycles. The third-order valence-electron chi connectivity index (χ3n) is 6.85. The number of hydrogen-bond donors (Lipinski definition) is 0. The monoisotopic (exact) mass is 359 g/mol. The summed E-state index contributed by atoms with van der Waals surface area (Å²) in [5.41, 5.74) is 7.15. The number of rotatable bonds is 3. The molecule has 2 aliphatic heterocycles. The van der Waals surface area contributed by atoms with Crippen LogP contribution in [-0.4, -0.2) is 30.4 Å². The Morgan fingerprint density at radius 3 is 2.26 bits per heavy atom. The average Bonchev–Trinajstić information content (AvgIpc) is 2.96. The Kier molecular flexibility index (Phi) is 4.06. The largest absolute Gasteiger partial charge is 0.370 e. The van der Waals surface area contributed by atoms with E-state index in [-0.39, 0.29) is 10.8 Å². The van der Waals surface area contributed by atoms with Gasteiger partial charge in [-0.05, 0) is 31.9 Å². The van der Waals surface area contributed by atoms with Gasteiger partial charge in [-0.3, -0.25) is 0 Å². The molecular weight excluding hydrogens is 328 g/mol. The van der Waals surface area contributed by atoms with E-state index in [4.69, 9.17) is 0 Å². The number of likely N-dealkylation sites (N-methyl/N-ethyl adjacent to an activating group) is 1. The lowest BCUT2D eigenvalue weighted by Gasteiger charge is -2.31. The predicted octanol–water partition coefficient (Wildman–Crippen LogP) is 5.44. The normalized spacial score (nSPS) is 22.4. The third kappa shape index (κ3) is 2.57. The Morgan fingerprint density at radius 1 is 0.963 bits per heavy atom. The van der Waals surface area contributed by atoms with Gasteiger partial charge >= 0.3 is 0 Å². The minimum absolute atomic E-state index is 0.0436. The van der Waals surface area contributed by atoms with Gasteiger partial charge in [-0.2, -0.15) is 4.58 Å². The second kappa shape index (κ2) is 6.09. The summed E-state index contributed by atoms with van der Waals surface area (Å²) in [6.45, 7) is 9.41. The maximum Gasteiger partial charge on any atom is 0.209 e. The fourth-order valence-corrected chi connectivity index (χ4v) is 5.22. The van der Waals surface area contributed by atoms with Crippen LogP contribution in [0.2, 0.25) is 0 Å². The summed E-state index contributed by atoms with van der Waals surface area (Å²) in [6, 6.07) is 18.1. The Balaban J connectivity index is 1.60. The van der Waals surface area contributed by atoms with Gasteiger partial charge < -0.3 is 4.90 Å². The molecule has 2 aromatic carbocycles. The highest BCUT2D eigenvalue weighted by atomic mass is 15.2. The van der Waals surface area contributed by atoms with Crippen molar-refractivity contribution in [1.29, 1.82) is 0 Å². The van der Waals surface area contributed by atoms with Gasteiger partial charge in [0.1, 0.15) is 7.05 Å². The number of para-hydroxylation sites is 2. The standard InChI is InChI=1S/C25H31N2/c1-24(2)18-12-7-9-14-20(18)26(5)22(24)16-11-17-23-25(3,4)19-13-8-10-15-21(19)27(23)6/h7-16,23H,17H2,1-6H3/q+1/t23-/m1/s1. The first-order chi connectivity index (χ1) is 12.8. The summed E-state index contributed by atoms with van der Waals surface area (Å²) in [7, 11) is 4.43. The van der Waals surface area contributed by atoms with Crippen LogP contribution < -0.4 is 4.90 Å². The lowest BCUT2D eigenvalue weighted by molar-refractivity contribution is -0.401. The molecule has 2 aliphatic rings. The van der Waals surface area contributed by atoms with Crippen LogP contribution in [-0.2, 0) is 10.8 Å². The summed E-state index contributed by atoms with van der Waals surface area (Å²) < 4.78 is 2.35. The highest BCUT2D eigenvalue weighted by Gasteiger charge is 2.44. The van der Waals surface area contributed by atoms with Crippen molar-refractivity contribution < 1.29 is 4.58 Å². The number of anilines is 1. The minimum Gasteiger partial charge on any atom is -0.370 e. The first-order valence-electron chi connectivity index (χ1n) is 9.96. The van der Waals surface area contributed by atoms with E-state index in [2.05, 4.69) is 112 Å². The SMILES string of the molecule is CN1c2ccccc2C(C)(C)[C@H]1CC=CC1=[N+](C)c2ccccc2C1(C)C. The Hall–Kier alpha value is -2.35. The van der Waals surface area contributed by atoms with Gasteiger partial charge in [0.05, 0.1) is 5.41 Å². The number of allylic oxidation sites excluding steroid dienone is 1. The smallest absolute Gasteiger partial charge is 0.209 e. The fourth-order valence-electron chi connectivity index (χ4n) is 5.22. The highest BCUT2D eigenvalue weighted by Crippen LogP contribution is 2.45. The molecule has 1 atom stereocenters. The van der Waals surface area contributed by atoms with Gasteiger partial charge in [0.15, 0.2) is 5.71 Å². The van der Waals surface area contributed by atoms with Crippen LogP contribution in [0.3, 0.4) is 0 Å². The first kappa shape index (κ1) is 18.0. The first-order valence-corrected chi connectivity index (χ1v) is 9.96. The predicted molar refractivity (Wildman–Crippen MR) is 116 cm³/mol. The van der Waals surface area contributed by atoms with Crippen LogP contribution in [0.5, 0.6) is 0 Å². The molecule has 0 fully saturated rings. The van der Waals surface area contributed by atoms with E-state index in [1.165, 1.54) is 28.2 Å². The molecule has 0 saturated heterocycles. The van der Waals surface area contributed by atoms with Gasteiger partial charge in [0.2, 0.25) is 5.69 Å². The van der Waals surface area contributed by atoms with Crippen molar-refractivity contribution in [2.24, 2.45) is 0 Å². The van der Waals surface area contributed by atoms with Crippen molar-refractivity contribution in [3.05, 3.63) is 71.8 Å². The summed E-state index contributed by atoms with van der Waals surface area (Å²) in [5.74, 6) is 0. The molecule has 0 saturated carbocycles. The zero-order chi connectivity index (χ0) is 19.4. The van der Waals surface area contributed by atoms with Crippen LogP contribution in [0.1, 0.15) is 45.2 Å². The maximum atomic E-state index is 2.46. The molecule has 0 N–H and O–H groups in total. The molecule has 4 rings (SSSR count). The second-order valence-corrected chi connectivity index (χ2v) is 9.09. The molecule has 2 heteroatoms. The zero-order valence-corrected chi connectivity index (χ0v) is 17.5. The molecule has 0 radical (unpaired) electrons. The van der Waals surface area contributed by atoms with Crippen molar-refractivity contribution in [1.82, 2.24) is 0 Å². The molecule has 0 amide bonds. The fraction of sp³-hybridized carbons (Fsp3) is 0.400. The number of hydrogen-bond acceptors (Lipinski definition) is 1. The van der Waals surface area contributed by atoms with Crippen molar-refractivity contribution in [3.63, 3.8) is 0 Å². The molecule has 2 aromatic rings. The molecular formula is C25H31N2+. The quantitative estimate of drug-likeness (QED) is 0.662. The van der Waals surface area contributed by atoms with Gasteiger partial charge in [-0.1, -0.05) is 56.3 Å². The molecule has 2 nitrogen and oxygen atoms in total. The molecule has 0 bridgehead atoms. The second-order valence-electron chi connectivity index (χ2n) is 9.09. The highest BCUT2D eigenvalue weighted by molar-refractivity contribution is 6.02. The summed E-state index contributed by atoms with van der Waals surface area (Å²) in [4.78, 5) is 2.46. The van der Waals surface area contributed by atoms with Crippen molar-refractivity contribution in [3.8, 4) is 0 Å². The van der Waals surface area contributed by atoms with E-state index in [0.29, 0.717) is 6.04 Å². The van der Waals surface area contributed by atoms with Crippen LogP contribution >= 0.6 is 0 Å². The average molecular weight is 360 g/mol. The maximum absolute atomic E-state index is 2.46. The van der Waals surface area contributed by atoms with Gasteiger partial charge in [0.25, 0.3) is 0 Å². The Morgan fingerprint density at radius 2 is 1.59 bits per heavy atom. The molecule has 27 heavy (non-hydrogen) atoms. The Bertz CT molecular complexity index is 946. The molecule has 140 valence electrons. The topological polar surface area (TPSA) is 6.25 Å². The van der Waals surface area contributed by atoms with E-state index >= 15 is 0 Å². The van der Waals surface area contributed by atoms with Crippen LogP contribution in [0.4, 0.5) is 11.4 Å². The number of fused-ring (bicyclic) bond motifs is 2. The Labute approximate surface area is 163 Å². The minimum atomic E-state index is 0.0436. The van der Waals surface area contributed by atoms with Crippen molar-refractivity contribution >= 4 is 17.1 Å². The van der Waals surface area contributed by atoms with E-state index in [1.807, 2.05) is 0 Å². The summed E-state index contributed by atoms with van der Waals surface area (Å²) in [6.07, 6.45) is 5.78. The lowest BCUT2D eigenvalue weighted by Crippen LogP contribution is -2.39. The lowest BCUT2D eigenvalue weighted by atomic mass is 9.78. The number of nitrogens with zero attached hydrogens (tertiary/aromatic N) is 2. The molecule has 0 aromatic heterocycles. The summed E-state index contributed by atoms with van der Waals surface area (Å²) in [5, 5.41) is 0. The van der Waals surface area contributed by atoms with E-state index in [9.17, 15) is 0 Å². The van der Waals surface area contributed by atoms with Gasteiger partial charge in [0, 0.05) is 41.9 Å². The van der Waals surface area contributed by atoms with Gasteiger partial charge in [-0.15, -0.1) is 0 Å². The summed E-state index contributed by atoms with van der Waals surface area (Å²) >= 11 is 0. The van der Waals surface area contributed by atoms with Crippen molar-refractivity contribution in [2.45, 2.75) is 51.0 Å². The third-order valence-corrected chi connectivity index (χ3v) is 6.85. The van der Waals surface area contributed by atoms with Crippen LogP contribution in [0, 0.1) is 0 Å². The molecule has 0 spiro atoms.